The van der Waals surface area contributed by atoms with Crippen molar-refractivity contribution in [2.75, 3.05) is 26.0 Å². The van der Waals surface area contributed by atoms with Gasteiger partial charge >= 0.3 is 0 Å². The maximum absolute atomic E-state index is 12.9. The number of H-pyrrole nitrogens is 1. The van der Waals surface area contributed by atoms with Crippen LogP contribution in [0.5, 0.6) is 0 Å². The summed E-state index contributed by atoms with van der Waals surface area (Å²) in [6.45, 7) is 5.45. The van der Waals surface area contributed by atoms with Gasteiger partial charge in [0, 0.05) is 17.5 Å². The second-order valence-corrected chi connectivity index (χ2v) is 9.55. The van der Waals surface area contributed by atoms with Crippen molar-refractivity contribution < 1.29 is 4.79 Å². The summed E-state index contributed by atoms with van der Waals surface area (Å²) in [7, 11) is 4.14. The third kappa shape index (κ3) is 4.88. The van der Waals surface area contributed by atoms with Crippen LogP contribution in [0.15, 0.2) is 42.7 Å². The molecule has 2 N–H and O–H groups in total. The second-order valence-electron chi connectivity index (χ2n) is 9.55. The summed E-state index contributed by atoms with van der Waals surface area (Å²) >= 11 is 0. The van der Waals surface area contributed by atoms with Crippen molar-refractivity contribution in [3.63, 3.8) is 0 Å². The lowest BCUT2D eigenvalue weighted by atomic mass is 9.76. The molecule has 1 amide bonds. The van der Waals surface area contributed by atoms with Crippen LogP contribution in [0.2, 0.25) is 0 Å². The Balaban J connectivity index is 1.50. The predicted octanol–water partition coefficient (Wildman–Crippen LogP) is 3.91. The second kappa shape index (κ2) is 8.67. The molecule has 4 rings (SSSR count). The predicted molar refractivity (Wildman–Crippen MR) is 122 cm³/mol. The Bertz CT molecular complexity index is 1030. The number of carbonyl (C=O) groups excluding carboxylic acids is 1. The summed E-state index contributed by atoms with van der Waals surface area (Å²) in [6, 6.07) is 10.5. The molecule has 1 aliphatic carbocycles. The number of nitrogens with one attached hydrogen (secondary N) is 2. The summed E-state index contributed by atoms with van der Waals surface area (Å²) in [6.07, 6.45) is 7.41. The van der Waals surface area contributed by atoms with Gasteiger partial charge in [-0.25, -0.2) is 0 Å². The summed E-state index contributed by atoms with van der Waals surface area (Å²) < 4.78 is 1.94. The summed E-state index contributed by atoms with van der Waals surface area (Å²) in [5.74, 6) is -0.179. The summed E-state index contributed by atoms with van der Waals surface area (Å²) in [5, 5.41) is 15.0. The van der Waals surface area contributed by atoms with E-state index in [0.29, 0.717) is 11.4 Å². The lowest BCUT2D eigenvalue weighted by Crippen LogP contribution is -2.23. The van der Waals surface area contributed by atoms with Gasteiger partial charge in [-0.1, -0.05) is 44.2 Å². The minimum absolute atomic E-state index is 0.106. The molecule has 0 spiro atoms. The largest absolute Gasteiger partial charge is 0.318 e. The number of aromatic amines is 1. The van der Waals surface area contributed by atoms with Crippen LogP contribution in [0.25, 0.3) is 0 Å². The van der Waals surface area contributed by atoms with Gasteiger partial charge in [0.05, 0.1) is 17.9 Å². The quantitative estimate of drug-likeness (QED) is 0.607. The van der Waals surface area contributed by atoms with Gasteiger partial charge in [0.1, 0.15) is 0 Å². The number of rotatable bonds is 7. The number of amides is 1. The van der Waals surface area contributed by atoms with E-state index in [-0.39, 0.29) is 17.4 Å². The third-order valence-electron chi connectivity index (χ3n) is 6.09. The lowest BCUT2D eigenvalue weighted by molar-refractivity contribution is 0.102. The van der Waals surface area contributed by atoms with E-state index in [0.717, 1.165) is 43.5 Å². The molecule has 1 aliphatic rings. The fraction of sp³-hybridized carbons (Fsp3) is 0.458. The van der Waals surface area contributed by atoms with Crippen LogP contribution in [0.3, 0.4) is 0 Å². The van der Waals surface area contributed by atoms with Crippen LogP contribution >= 0.6 is 0 Å². The molecule has 0 radical (unpaired) electrons. The van der Waals surface area contributed by atoms with Crippen molar-refractivity contribution in [1.29, 1.82) is 0 Å². The van der Waals surface area contributed by atoms with Crippen molar-refractivity contribution in [3.8, 4) is 0 Å². The highest BCUT2D eigenvalue weighted by molar-refractivity contribution is 6.03. The topological polar surface area (TPSA) is 78.8 Å². The van der Waals surface area contributed by atoms with Gasteiger partial charge in [-0.3, -0.25) is 14.6 Å². The van der Waals surface area contributed by atoms with E-state index in [9.17, 15) is 4.79 Å². The van der Waals surface area contributed by atoms with E-state index in [1.54, 1.807) is 6.20 Å². The Labute approximate surface area is 183 Å². The molecule has 0 bridgehead atoms. The average Bonchev–Trinajstić information content (AvgIpc) is 3.34. The van der Waals surface area contributed by atoms with E-state index >= 15 is 0 Å². The molecule has 164 valence electrons. The number of aromatic nitrogens is 4. The van der Waals surface area contributed by atoms with Crippen molar-refractivity contribution >= 4 is 11.6 Å². The molecule has 7 nitrogen and oxygen atoms in total. The third-order valence-corrected chi connectivity index (χ3v) is 6.09. The smallest absolute Gasteiger partial charge is 0.276 e. The minimum Gasteiger partial charge on any atom is -0.318 e. The van der Waals surface area contributed by atoms with Crippen molar-refractivity contribution in [3.05, 3.63) is 65.2 Å². The zero-order chi connectivity index (χ0) is 22.0. The molecule has 1 atom stereocenters. The van der Waals surface area contributed by atoms with E-state index in [4.69, 9.17) is 0 Å². The molecule has 0 unspecified atom stereocenters. The molecule has 0 fully saturated rings. The van der Waals surface area contributed by atoms with Gasteiger partial charge in [0.25, 0.3) is 5.91 Å². The van der Waals surface area contributed by atoms with Crippen molar-refractivity contribution in [2.24, 2.45) is 5.41 Å². The Morgan fingerprint density at radius 3 is 2.81 bits per heavy atom. The Hall–Kier alpha value is -2.93. The van der Waals surface area contributed by atoms with Gasteiger partial charge in [-0.05, 0) is 57.3 Å². The first kappa shape index (κ1) is 21.3. The number of hydrogen-bond donors (Lipinski definition) is 2. The van der Waals surface area contributed by atoms with E-state index in [1.807, 2.05) is 29.1 Å². The highest BCUT2D eigenvalue weighted by Crippen LogP contribution is 2.35. The number of carbonyl (C=O) groups is 1. The van der Waals surface area contributed by atoms with Crippen molar-refractivity contribution in [1.82, 2.24) is 24.9 Å². The Kier molecular flexibility index (Phi) is 5.96. The Morgan fingerprint density at radius 2 is 2.06 bits per heavy atom. The lowest BCUT2D eigenvalue weighted by Gasteiger charge is -2.28. The van der Waals surface area contributed by atoms with E-state index in [1.165, 1.54) is 5.56 Å². The van der Waals surface area contributed by atoms with Gasteiger partial charge < -0.3 is 10.2 Å². The number of hydrogen-bond acceptors (Lipinski definition) is 4. The zero-order valence-corrected chi connectivity index (χ0v) is 18.9. The first-order chi connectivity index (χ1) is 14.8. The minimum atomic E-state index is -0.179. The Morgan fingerprint density at radius 1 is 1.29 bits per heavy atom. The van der Waals surface area contributed by atoms with E-state index in [2.05, 4.69) is 65.6 Å². The van der Waals surface area contributed by atoms with Crippen LogP contribution < -0.4 is 5.32 Å². The van der Waals surface area contributed by atoms with Gasteiger partial charge in [0.15, 0.2) is 5.69 Å². The molecular formula is C24H32N6O. The highest BCUT2D eigenvalue weighted by atomic mass is 16.2. The molecule has 0 saturated heterocycles. The van der Waals surface area contributed by atoms with Gasteiger partial charge in [-0.15, -0.1) is 0 Å². The monoisotopic (exact) mass is 420 g/mol. The van der Waals surface area contributed by atoms with Crippen LogP contribution in [0.1, 0.15) is 60.0 Å². The standard InChI is InChI=1S/C24H32N6O/c1-24(2)12-10-19-20(14-24)27-28-22(19)23(31)26-18-15-25-30(16-18)21(11-13-29(3)4)17-8-6-5-7-9-17/h5-9,15-16,21H,10-14H2,1-4H3,(H,26,31)(H,27,28)/t21-/m1/s1. The molecule has 0 aliphatic heterocycles. The molecule has 3 aromatic rings. The summed E-state index contributed by atoms with van der Waals surface area (Å²) in [5.41, 5.74) is 4.78. The molecular weight excluding hydrogens is 388 g/mol. The molecule has 1 aromatic carbocycles. The fourth-order valence-corrected chi connectivity index (χ4v) is 4.31. The van der Waals surface area contributed by atoms with Crippen molar-refractivity contribution in [2.45, 2.75) is 45.6 Å². The first-order valence-corrected chi connectivity index (χ1v) is 10.9. The van der Waals surface area contributed by atoms with Gasteiger partial charge in [0.2, 0.25) is 0 Å². The van der Waals surface area contributed by atoms with Gasteiger partial charge in [-0.2, -0.15) is 10.2 Å². The van der Waals surface area contributed by atoms with Crippen LogP contribution in [-0.2, 0) is 12.8 Å². The molecule has 7 heteroatoms. The molecule has 2 heterocycles. The SMILES string of the molecule is CN(C)CC[C@H](c1ccccc1)n1cc(NC(=O)c2n[nH]c3c2CCC(C)(C)C3)cn1. The molecule has 31 heavy (non-hydrogen) atoms. The number of nitrogens with zero attached hydrogens (tertiary/aromatic N) is 4. The van der Waals surface area contributed by atoms with E-state index < -0.39 is 0 Å². The number of benzene rings is 1. The first-order valence-electron chi connectivity index (χ1n) is 10.9. The highest BCUT2D eigenvalue weighted by Gasteiger charge is 2.30. The maximum Gasteiger partial charge on any atom is 0.276 e. The normalized spacial score (nSPS) is 16.2. The van der Waals surface area contributed by atoms with Crippen LogP contribution in [-0.4, -0.2) is 51.4 Å². The maximum atomic E-state index is 12.9. The zero-order valence-electron chi connectivity index (χ0n) is 18.9. The number of fused-ring (bicyclic) bond motifs is 1. The molecule has 0 saturated carbocycles. The van der Waals surface area contributed by atoms with Crippen LogP contribution in [0.4, 0.5) is 5.69 Å². The average molecular weight is 421 g/mol. The summed E-state index contributed by atoms with van der Waals surface area (Å²) in [4.78, 5) is 15.1. The fourth-order valence-electron chi connectivity index (χ4n) is 4.31. The molecule has 2 aromatic heterocycles. The number of anilines is 1. The van der Waals surface area contributed by atoms with Crippen LogP contribution in [0, 0.1) is 5.41 Å².